The smallest absolute Gasteiger partial charge is 0.387 e. The lowest BCUT2D eigenvalue weighted by Gasteiger charge is -2.11. The molecule has 1 aromatic heterocycles. The van der Waals surface area contributed by atoms with Crippen molar-refractivity contribution in [3.63, 3.8) is 0 Å². The van der Waals surface area contributed by atoms with Gasteiger partial charge in [0.25, 0.3) is 5.91 Å². The van der Waals surface area contributed by atoms with Gasteiger partial charge in [-0.15, -0.1) is 0 Å². The van der Waals surface area contributed by atoms with Crippen LogP contribution in [0.15, 0.2) is 46.9 Å². The van der Waals surface area contributed by atoms with Crippen LogP contribution in [0.3, 0.4) is 0 Å². The lowest BCUT2D eigenvalue weighted by molar-refractivity contribution is -0.142. The molecule has 0 spiro atoms. The van der Waals surface area contributed by atoms with E-state index in [-0.39, 0.29) is 11.4 Å². The Hall–Kier alpha value is -3.16. The molecule has 1 amide bonds. The second-order valence-corrected chi connectivity index (χ2v) is 4.81. The molecule has 25 heavy (non-hydrogen) atoms. The van der Waals surface area contributed by atoms with Gasteiger partial charge in [0.15, 0.2) is 6.61 Å². The van der Waals surface area contributed by atoms with Crippen LogP contribution in [0.1, 0.15) is 11.5 Å². The Morgan fingerprint density at radius 1 is 1.24 bits per heavy atom. The highest BCUT2D eigenvalue weighted by Crippen LogP contribution is 2.25. The van der Waals surface area contributed by atoms with E-state index in [2.05, 4.69) is 10.1 Å². The molecule has 2 aromatic rings. The molecular formula is C17H15F2NO5. The minimum atomic E-state index is -3.02. The third-order valence-corrected chi connectivity index (χ3v) is 2.87. The maximum Gasteiger partial charge on any atom is 0.387 e. The molecular weight excluding hydrogens is 336 g/mol. The zero-order valence-electron chi connectivity index (χ0n) is 13.2. The van der Waals surface area contributed by atoms with E-state index in [0.29, 0.717) is 11.5 Å². The summed E-state index contributed by atoms with van der Waals surface area (Å²) in [6, 6.07) is 9.09. The molecule has 0 aliphatic carbocycles. The van der Waals surface area contributed by atoms with Crippen molar-refractivity contribution in [3.8, 4) is 5.75 Å². The zero-order chi connectivity index (χ0) is 18.2. The summed E-state index contributed by atoms with van der Waals surface area (Å²) < 4.78 is 38.9. The summed E-state index contributed by atoms with van der Waals surface area (Å²) >= 11 is 0. The van der Waals surface area contributed by atoms with Gasteiger partial charge in [0.05, 0.1) is 5.69 Å². The van der Waals surface area contributed by atoms with Gasteiger partial charge in [0.1, 0.15) is 17.3 Å². The summed E-state index contributed by atoms with van der Waals surface area (Å²) in [5, 5.41) is 2.33. The van der Waals surface area contributed by atoms with Crippen molar-refractivity contribution in [3.05, 3.63) is 54.0 Å². The first kappa shape index (κ1) is 18.2. The van der Waals surface area contributed by atoms with Gasteiger partial charge in [0, 0.05) is 6.08 Å². The Morgan fingerprint density at radius 2 is 2.00 bits per heavy atom. The molecule has 8 heteroatoms. The molecule has 0 aliphatic heterocycles. The van der Waals surface area contributed by atoms with Crippen LogP contribution in [0.2, 0.25) is 0 Å². The van der Waals surface area contributed by atoms with E-state index in [1.807, 2.05) is 0 Å². The first-order chi connectivity index (χ1) is 11.9. The first-order valence-electron chi connectivity index (χ1n) is 7.19. The third kappa shape index (κ3) is 6.09. The summed E-state index contributed by atoms with van der Waals surface area (Å²) in [4.78, 5) is 23.3. The van der Waals surface area contributed by atoms with Crippen LogP contribution in [-0.2, 0) is 14.3 Å². The van der Waals surface area contributed by atoms with Crippen molar-refractivity contribution in [1.82, 2.24) is 0 Å². The van der Waals surface area contributed by atoms with Crippen molar-refractivity contribution in [2.24, 2.45) is 0 Å². The molecule has 0 bridgehead atoms. The number of para-hydroxylation sites is 2. The molecule has 6 nitrogen and oxygen atoms in total. The van der Waals surface area contributed by atoms with E-state index >= 15 is 0 Å². The molecule has 1 aromatic carbocycles. The van der Waals surface area contributed by atoms with Crippen LogP contribution >= 0.6 is 0 Å². The van der Waals surface area contributed by atoms with E-state index in [1.54, 1.807) is 19.1 Å². The molecule has 1 N–H and O–H groups in total. The topological polar surface area (TPSA) is 77.8 Å². The van der Waals surface area contributed by atoms with Crippen LogP contribution in [0.25, 0.3) is 6.08 Å². The molecule has 0 radical (unpaired) electrons. The van der Waals surface area contributed by atoms with Gasteiger partial charge in [-0.25, -0.2) is 4.79 Å². The molecule has 0 unspecified atom stereocenters. The summed E-state index contributed by atoms with van der Waals surface area (Å²) in [5.74, 6) is -0.471. The summed E-state index contributed by atoms with van der Waals surface area (Å²) in [6.45, 7) is -1.84. The number of rotatable bonds is 7. The molecule has 132 valence electrons. The lowest BCUT2D eigenvalue weighted by atomic mass is 10.3. The minimum Gasteiger partial charge on any atom is -0.462 e. The van der Waals surface area contributed by atoms with Crippen molar-refractivity contribution >= 4 is 23.6 Å². The summed E-state index contributed by atoms with van der Waals surface area (Å²) in [6.07, 6.45) is 2.51. The number of hydrogen-bond donors (Lipinski definition) is 1. The molecule has 0 saturated heterocycles. The quantitative estimate of drug-likeness (QED) is 0.611. The van der Waals surface area contributed by atoms with Gasteiger partial charge in [-0.1, -0.05) is 12.1 Å². The molecule has 1 heterocycles. The monoisotopic (exact) mass is 351 g/mol. The second kappa shape index (κ2) is 8.62. The highest BCUT2D eigenvalue weighted by Gasteiger charge is 2.12. The standard InChI is InChI=1S/C17H15F2NO5/c1-11-6-7-12(24-11)8-9-16(22)23-10-15(21)20-13-4-2-3-5-14(13)25-17(18)19/h2-9,17H,10H2,1H3,(H,20,21)/b9-8+. The maximum absolute atomic E-state index is 12.3. The number of benzene rings is 1. The normalized spacial score (nSPS) is 10.9. The van der Waals surface area contributed by atoms with Gasteiger partial charge < -0.3 is 19.2 Å². The van der Waals surface area contributed by atoms with E-state index in [4.69, 9.17) is 9.15 Å². The van der Waals surface area contributed by atoms with Crippen LogP contribution < -0.4 is 10.1 Å². The number of alkyl halides is 2. The van der Waals surface area contributed by atoms with Gasteiger partial charge >= 0.3 is 12.6 Å². The van der Waals surface area contributed by atoms with E-state index in [9.17, 15) is 18.4 Å². The van der Waals surface area contributed by atoms with Crippen molar-refractivity contribution in [2.75, 3.05) is 11.9 Å². The van der Waals surface area contributed by atoms with E-state index < -0.39 is 25.1 Å². The lowest BCUT2D eigenvalue weighted by Crippen LogP contribution is -2.20. The molecule has 2 rings (SSSR count). The number of hydrogen-bond acceptors (Lipinski definition) is 5. The van der Waals surface area contributed by atoms with Crippen molar-refractivity contribution in [1.29, 1.82) is 0 Å². The first-order valence-corrected chi connectivity index (χ1v) is 7.19. The molecule has 0 fully saturated rings. The van der Waals surface area contributed by atoms with Crippen molar-refractivity contribution in [2.45, 2.75) is 13.5 Å². The highest BCUT2D eigenvalue weighted by molar-refractivity contribution is 5.95. The fraction of sp³-hybridized carbons (Fsp3) is 0.176. The maximum atomic E-state index is 12.3. The van der Waals surface area contributed by atoms with Crippen LogP contribution in [0, 0.1) is 6.92 Å². The largest absolute Gasteiger partial charge is 0.462 e. The van der Waals surface area contributed by atoms with Gasteiger partial charge in [-0.05, 0) is 37.3 Å². The Bertz CT molecular complexity index is 770. The number of esters is 1. The fourth-order valence-corrected chi connectivity index (χ4v) is 1.83. The molecule has 0 saturated carbocycles. The van der Waals surface area contributed by atoms with Crippen LogP contribution in [-0.4, -0.2) is 25.1 Å². The number of anilines is 1. The van der Waals surface area contributed by atoms with Crippen LogP contribution in [0.5, 0.6) is 5.75 Å². The molecule has 0 atom stereocenters. The third-order valence-electron chi connectivity index (χ3n) is 2.87. The Morgan fingerprint density at radius 3 is 2.68 bits per heavy atom. The average Bonchev–Trinajstić information content (AvgIpc) is 2.98. The van der Waals surface area contributed by atoms with Gasteiger partial charge in [-0.2, -0.15) is 8.78 Å². The average molecular weight is 351 g/mol. The predicted molar refractivity (Wildman–Crippen MR) is 85.1 cm³/mol. The van der Waals surface area contributed by atoms with Gasteiger partial charge in [-0.3, -0.25) is 4.79 Å². The van der Waals surface area contributed by atoms with E-state index in [0.717, 1.165) is 6.08 Å². The number of carbonyl (C=O) groups is 2. The Kier molecular flexibility index (Phi) is 6.27. The number of ether oxygens (including phenoxy) is 2. The summed E-state index contributed by atoms with van der Waals surface area (Å²) in [7, 11) is 0. The highest BCUT2D eigenvalue weighted by atomic mass is 19.3. The molecule has 0 aliphatic rings. The fourth-order valence-electron chi connectivity index (χ4n) is 1.83. The SMILES string of the molecule is Cc1ccc(/C=C/C(=O)OCC(=O)Nc2ccccc2OC(F)F)o1. The van der Waals surface area contributed by atoms with E-state index in [1.165, 1.54) is 30.3 Å². The number of furan rings is 1. The Labute approximate surface area is 142 Å². The van der Waals surface area contributed by atoms with Crippen LogP contribution in [0.4, 0.5) is 14.5 Å². The number of carbonyl (C=O) groups excluding carboxylic acids is 2. The number of amides is 1. The number of aryl methyl sites for hydroxylation is 1. The van der Waals surface area contributed by atoms with Gasteiger partial charge in [0.2, 0.25) is 0 Å². The minimum absolute atomic E-state index is 0.0467. The number of halogens is 2. The van der Waals surface area contributed by atoms with Crippen molar-refractivity contribution < 1.29 is 32.3 Å². The number of nitrogens with one attached hydrogen (secondary N) is 1. The second-order valence-electron chi connectivity index (χ2n) is 4.81. The predicted octanol–water partition coefficient (Wildman–Crippen LogP) is 3.38. The summed E-state index contributed by atoms with van der Waals surface area (Å²) in [5.41, 5.74) is 0.0467. The Balaban J connectivity index is 1.84. The zero-order valence-corrected chi connectivity index (χ0v) is 13.2.